The molecular formula is C21H25N3O9S4. The molecule has 2 aromatic carbocycles. The van der Waals surface area contributed by atoms with Gasteiger partial charge in [-0.05, 0) is 12.1 Å². The van der Waals surface area contributed by atoms with E-state index in [9.17, 15) is 31.2 Å². The summed E-state index contributed by atoms with van der Waals surface area (Å²) in [6.07, 6.45) is -0.998. The molecule has 2 N–H and O–H groups in total. The van der Waals surface area contributed by atoms with Gasteiger partial charge in [0.05, 0.1) is 17.7 Å². The number of nitrogens with zero attached hydrogens (tertiary/aromatic N) is 2. The highest BCUT2D eigenvalue weighted by atomic mass is 33.1. The summed E-state index contributed by atoms with van der Waals surface area (Å²) in [5.74, 6) is -2.67. The lowest BCUT2D eigenvalue weighted by atomic mass is 10.1. The molecule has 0 saturated carbocycles. The first-order valence-corrected chi connectivity index (χ1v) is 16.3. The fraction of sp³-hybridized carbons (Fsp3) is 0.381. The molecule has 1 aliphatic rings. The van der Waals surface area contributed by atoms with Crippen molar-refractivity contribution in [3.8, 4) is 0 Å². The van der Waals surface area contributed by atoms with Gasteiger partial charge in [-0.1, -0.05) is 45.9 Å². The van der Waals surface area contributed by atoms with E-state index in [0.717, 1.165) is 11.1 Å². The van der Waals surface area contributed by atoms with Crippen LogP contribution in [-0.2, 0) is 39.4 Å². The van der Waals surface area contributed by atoms with E-state index in [1.807, 2.05) is 31.1 Å². The minimum atomic E-state index is -4.79. The Labute approximate surface area is 222 Å². The van der Waals surface area contributed by atoms with Crippen molar-refractivity contribution < 1.29 is 40.6 Å². The van der Waals surface area contributed by atoms with Crippen LogP contribution in [0.3, 0.4) is 0 Å². The number of hydrogen-bond acceptors (Lipinski definition) is 11. The first kappa shape index (κ1) is 29.2. The molecule has 1 fully saturated rings. The predicted octanol–water partition coefficient (Wildman–Crippen LogP) is 1.43. The Morgan fingerprint density at radius 2 is 1.73 bits per heavy atom. The number of fused-ring (bicyclic) bond motifs is 1. The molecule has 0 bridgehead atoms. The maximum atomic E-state index is 12.9. The second kappa shape index (κ2) is 12.0. The quantitative estimate of drug-likeness (QED) is 0.158. The summed E-state index contributed by atoms with van der Waals surface area (Å²) in [5.41, 5.74) is 0.900. The van der Waals surface area contributed by atoms with Gasteiger partial charge in [0.15, 0.2) is 5.25 Å². The number of carbonyl (C=O) groups excluding carboxylic acids is 3. The third-order valence-electron chi connectivity index (χ3n) is 5.20. The number of carbonyl (C=O) groups is 3. The number of amides is 2. The summed E-state index contributed by atoms with van der Waals surface area (Å²) < 4.78 is 59.6. The first-order chi connectivity index (χ1) is 17.3. The Morgan fingerprint density at radius 1 is 1.08 bits per heavy atom. The molecule has 37 heavy (non-hydrogen) atoms. The maximum absolute atomic E-state index is 12.9. The van der Waals surface area contributed by atoms with Gasteiger partial charge in [-0.3, -0.25) is 14.1 Å². The molecule has 1 heterocycles. The van der Waals surface area contributed by atoms with E-state index < -0.39 is 49.6 Å². The van der Waals surface area contributed by atoms with Crippen molar-refractivity contribution in [1.29, 1.82) is 0 Å². The van der Waals surface area contributed by atoms with Crippen molar-refractivity contribution in [3.05, 3.63) is 36.4 Å². The largest absolute Gasteiger partial charge is 0.377 e. The lowest BCUT2D eigenvalue weighted by Gasteiger charge is -2.17. The Morgan fingerprint density at radius 3 is 2.38 bits per heavy atom. The smallest absolute Gasteiger partial charge is 0.334 e. The lowest BCUT2D eigenvalue weighted by Crippen LogP contribution is -2.36. The molecule has 2 aromatic rings. The number of sulfonamides is 1. The second-order valence-corrected chi connectivity index (χ2v) is 14.0. The van der Waals surface area contributed by atoms with Gasteiger partial charge in [0, 0.05) is 48.6 Å². The highest BCUT2D eigenvalue weighted by Crippen LogP contribution is 2.30. The molecule has 202 valence electrons. The topological polar surface area (TPSA) is 167 Å². The van der Waals surface area contributed by atoms with Crippen LogP contribution in [0.15, 0.2) is 41.3 Å². The summed E-state index contributed by atoms with van der Waals surface area (Å²) in [4.78, 5) is 42.2. The highest BCUT2D eigenvalue weighted by Gasteiger charge is 2.48. The van der Waals surface area contributed by atoms with Gasteiger partial charge < -0.3 is 9.74 Å². The second-order valence-electron chi connectivity index (χ2n) is 8.01. The number of hydroxylamine groups is 2. The van der Waals surface area contributed by atoms with Gasteiger partial charge in [0.1, 0.15) is 0 Å². The molecule has 1 aliphatic heterocycles. The number of nitrogens with one attached hydrogen (secondary N) is 1. The Bertz CT molecular complexity index is 1410. The SMILES string of the molecule is CN(C)c1cccc2c(S(=O)(=O)NCCSSCCC(=O)ON3C(=O)C[C@@H](S(=O)(=O)O)C3=O)cccc12. The average Bonchev–Trinajstić information content (AvgIpc) is 3.11. The molecule has 2 amide bonds. The van der Waals surface area contributed by atoms with Crippen LogP contribution >= 0.6 is 21.6 Å². The average molecular weight is 592 g/mol. The van der Waals surface area contributed by atoms with E-state index in [2.05, 4.69) is 9.56 Å². The van der Waals surface area contributed by atoms with Crippen molar-refractivity contribution in [1.82, 2.24) is 9.79 Å². The Hall–Kier alpha value is -2.37. The van der Waals surface area contributed by atoms with Crippen LogP contribution in [0.25, 0.3) is 10.8 Å². The molecule has 0 unspecified atom stereocenters. The zero-order valence-electron chi connectivity index (χ0n) is 19.8. The summed E-state index contributed by atoms with van der Waals surface area (Å²) in [6, 6.07) is 10.6. The predicted molar refractivity (Wildman–Crippen MR) is 141 cm³/mol. The van der Waals surface area contributed by atoms with E-state index in [4.69, 9.17) is 4.55 Å². The number of rotatable bonds is 12. The number of imide groups is 1. The van der Waals surface area contributed by atoms with Crippen LogP contribution in [0.5, 0.6) is 0 Å². The number of hydrogen-bond donors (Lipinski definition) is 2. The number of anilines is 1. The van der Waals surface area contributed by atoms with Crippen molar-refractivity contribution in [2.45, 2.75) is 23.0 Å². The summed E-state index contributed by atoms with van der Waals surface area (Å²) in [5, 5.41) is -0.495. The minimum absolute atomic E-state index is 0.0577. The highest BCUT2D eigenvalue weighted by molar-refractivity contribution is 8.76. The Balaban J connectivity index is 1.43. The van der Waals surface area contributed by atoms with Gasteiger partial charge >= 0.3 is 5.97 Å². The molecule has 0 aromatic heterocycles. The monoisotopic (exact) mass is 591 g/mol. The summed E-state index contributed by atoms with van der Waals surface area (Å²) in [6.45, 7) is 0.141. The van der Waals surface area contributed by atoms with Gasteiger partial charge in [0.25, 0.3) is 21.9 Å². The van der Waals surface area contributed by atoms with Gasteiger partial charge in [0.2, 0.25) is 10.0 Å². The normalized spacial score (nSPS) is 16.4. The number of benzene rings is 2. The molecule has 12 nitrogen and oxygen atoms in total. The molecule has 0 radical (unpaired) electrons. The van der Waals surface area contributed by atoms with E-state index in [1.165, 1.54) is 21.6 Å². The van der Waals surface area contributed by atoms with Gasteiger partial charge in [-0.25, -0.2) is 17.9 Å². The standard InChI is InChI=1S/C21H25N3O9S4/c1-23(2)16-7-3-6-15-14(16)5-4-8-17(15)36(28,29)22-10-12-35-34-11-9-20(26)33-24-19(25)13-18(21(24)27)37(30,31)32/h3-8,18,22H,9-13H2,1-2H3,(H,30,31,32)/t18-/m1/s1. The van der Waals surface area contributed by atoms with Crippen LogP contribution in [0, 0.1) is 0 Å². The van der Waals surface area contributed by atoms with Crippen LogP contribution in [0.4, 0.5) is 5.69 Å². The van der Waals surface area contributed by atoms with E-state index in [1.54, 1.807) is 24.3 Å². The third kappa shape index (κ3) is 7.14. The van der Waals surface area contributed by atoms with Crippen molar-refractivity contribution in [2.24, 2.45) is 0 Å². The van der Waals surface area contributed by atoms with Crippen LogP contribution < -0.4 is 9.62 Å². The van der Waals surface area contributed by atoms with Crippen molar-refractivity contribution in [2.75, 3.05) is 37.0 Å². The summed E-state index contributed by atoms with van der Waals surface area (Å²) in [7, 11) is -2.24. The molecule has 0 spiro atoms. The maximum Gasteiger partial charge on any atom is 0.334 e. The van der Waals surface area contributed by atoms with Crippen LogP contribution in [-0.4, -0.2) is 81.6 Å². The van der Waals surface area contributed by atoms with Crippen LogP contribution in [0.1, 0.15) is 12.8 Å². The van der Waals surface area contributed by atoms with E-state index in [-0.39, 0.29) is 28.7 Å². The van der Waals surface area contributed by atoms with E-state index >= 15 is 0 Å². The molecule has 16 heteroatoms. The lowest BCUT2D eigenvalue weighted by molar-refractivity contribution is -0.197. The zero-order chi connectivity index (χ0) is 27.4. The fourth-order valence-electron chi connectivity index (χ4n) is 3.49. The van der Waals surface area contributed by atoms with Crippen molar-refractivity contribution in [3.63, 3.8) is 0 Å². The molecule has 1 atom stereocenters. The third-order valence-corrected chi connectivity index (χ3v) is 10.2. The molecule has 0 aliphatic carbocycles. The van der Waals surface area contributed by atoms with Gasteiger partial charge in [-0.2, -0.15) is 8.42 Å². The zero-order valence-corrected chi connectivity index (χ0v) is 23.1. The molecular weight excluding hydrogens is 567 g/mol. The first-order valence-electron chi connectivity index (χ1n) is 10.8. The molecule has 1 saturated heterocycles. The van der Waals surface area contributed by atoms with Crippen LogP contribution in [0.2, 0.25) is 0 Å². The fourth-order valence-corrected chi connectivity index (χ4v) is 7.45. The van der Waals surface area contributed by atoms with E-state index in [0.29, 0.717) is 11.1 Å². The van der Waals surface area contributed by atoms with Gasteiger partial charge in [-0.15, -0.1) is 5.06 Å². The summed E-state index contributed by atoms with van der Waals surface area (Å²) >= 11 is 0. The Kier molecular flexibility index (Phi) is 9.47. The molecule has 3 rings (SSSR count). The van der Waals surface area contributed by atoms with Crippen molar-refractivity contribution >= 4 is 76.0 Å². The minimum Gasteiger partial charge on any atom is -0.377 e.